The number of para-hydroxylation sites is 1. The van der Waals surface area contributed by atoms with Gasteiger partial charge in [0.2, 0.25) is 11.8 Å². The average Bonchev–Trinajstić information content (AvgIpc) is 3.38. The summed E-state index contributed by atoms with van der Waals surface area (Å²) in [5, 5.41) is 4.02. The second-order valence-corrected chi connectivity index (χ2v) is 10.8. The molecule has 42 heavy (non-hydrogen) atoms. The number of benzene rings is 3. The van der Waals surface area contributed by atoms with Crippen LogP contribution in [0.15, 0.2) is 84.9 Å². The van der Waals surface area contributed by atoms with Crippen molar-refractivity contribution in [2.45, 2.75) is 50.4 Å². The molecule has 1 fully saturated rings. The van der Waals surface area contributed by atoms with Gasteiger partial charge >= 0.3 is 12.0 Å². The van der Waals surface area contributed by atoms with Crippen LogP contribution in [0.5, 0.6) is 0 Å². The number of nitrogens with zero attached hydrogens (tertiary/aromatic N) is 2. The van der Waals surface area contributed by atoms with Crippen LogP contribution in [0, 0.1) is 0 Å². The molecule has 1 saturated heterocycles. The van der Waals surface area contributed by atoms with Gasteiger partial charge in [-0.3, -0.25) is 19.3 Å². The molecule has 9 heteroatoms. The summed E-state index contributed by atoms with van der Waals surface area (Å²) in [6, 6.07) is 24.2. The zero-order chi connectivity index (χ0) is 29.2. The summed E-state index contributed by atoms with van der Waals surface area (Å²) in [5.41, 5.74) is 4.39. The number of carbonyl (C=O) groups is 4. The Hall–Kier alpha value is -4.92. The molecule has 9 nitrogen and oxygen atoms in total. The lowest BCUT2D eigenvalue weighted by atomic mass is 9.88. The molecule has 0 bridgehead atoms. The van der Waals surface area contributed by atoms with E-state index in [4.69, 9.17) is 4.74 Å². The van der Waals surface area contributed by atoms with E-state index in [-0.39, 0.29) is 37.6 Å². The third-order valence-electron chi connectivity index (χ3n) is 8.17. The highest BCUT2D eigenvalue weighted by atomic mass is 16.5. The number of fused-ring (bicyclic) bond motifs is 5. The molecule has 0 radical (unpaired) electrons. The number of H-pyrrole nitrogens is 1. The summed E-state index contributed by atoms with van der Waals surface area (Å²) in [7, 11) is 1.32. The molecule has 6 rings (SSSR count). The Bertz CT molecular complexity index is 1630. The van der Waals surface area contributed by atoms with E-state index in [1.807, 2.05) is 84.9 Å². The highest BCUT2D eigenvalue weighted by Crippen LogP contribution is 2.42. The fourth-order valence-electron chi connectivity index (χ4n) is 6.16. The molecular weight excluding hydrogens is 532 g/mol. The molecule has 0 saturated carbocycles. The van der Waals surface area contributed by atoms with E-state index in [9.17, 15) is 19.2 Å². The lowest BCUT2D eigenvalue weighted by Gasteiger charge is -2.46. The number of hydrogen-bond donors (Lipinski definition) is 2. The fourth-order valence-corrected chi connectivity index (χ4v) is 6.16. The zero-order valence-corrected chi connectivity index (χ0v) is 23.3. The molecule has 2 aliphatic heterocycles. The van der Waals surface area contributed by atoms with Crippen LogP contribution in [-0.4, -0.2) is 57.8 Å². The standard InChI is InChI=1S/C33H32N4O5/c1-42-30(39)17-23(16-21-10-4-2-5-11-21)34-32(40)28-18-25-24-14-8-9-15-26(24)35-31(25)27-19-29(38)36(33(41)37(27)28)20-22-12-6-3-7-13-22/h2-15,23,27-28,35H,16-20H2,1H3,(H,34,40)/t23-,27-,28+/m1/s1. The lowest BCUT2D eigenvalue weighted by molar-refractivity contribution is -0.142. The number of amides is 4. The first-order chi connectivity index (χ1) is 20.4. The number of methoxy groups -OCH3 is 1. The van der Waals surface area contributed by atoms with Crippen molar-refractivity contribution in [2.75, 3.05) is 7.11 Å². The van der Waals surface area contributed by atoms with E-state index in [1.165, 1.54) is 12.0 Å². The summed E-state index contributed by atoms with van der Waals surface area (Å²) in [6.07, 6.45) is 0.732. The van der Waals surface area contributed by atoms with Crippen molar-refractivity contribution in [1.29, 1.82) is 0 Å². The minimum Gasteiger partial charge on any atom is -0.469 e. The van der Waals surface area contributed by atoms with Gasteiger partial charge in [-0.15, -0.1) is 0 Å². The second-order valence-electron chi connectivity index (χ2n) is 10.8. The first-order valence-corrected chi connectivity index (χ1v) is 14.1. The van der Waals surface area contributed by atoms with Gasteiger partial charge in [0.25, 0.3) is 0 Å². The number of carbonyl (C=O) groups excluding carboxylic acids is 4. The van der Waals surface area contributed by atoms with Crippen molar-refractivity contribution >= 4 is 34.7 Å². The maximum Gasteiger partial charge on any atom is 0.328 e. The van der Waals surface area contributed by atoms with Crippen molar-refractivity contribution in [2.24, 2.45) is 0 Å². The summed E-state index contributed by atoms with van der Waals surface area (Å²) >= 11 is 0. The number of imide groups is 1. The van der Waals surface area contributed by atoms with Gasteiger partial charge in [-0.1, -0.05) is 78.9 Å². The number of aromatic amines is 1. The molecule has 214 valence electrons. The Labute approximate surface area is 243 Å². The van der Waals surface area contributed by atoms with Crippen LogP contribution in [0.25, 0.3) is 10.9 Å². The van der Waals surface area contributed by atoms with Gasteiger partial charge in [0.1, 0.15) is 6.04 Å². The summed E-state index contributed by atoms with van der Waals surface area (Å²) in [6.45, 7) is 0.120. The van der Waals surface area contributed by atoms with Gasteiger partial charge in [0.05, 0.1) is 32.5 Å². The van der Waals surface area contributed by atoms with Crippen LogP contribution < -0.4 is 5.32 Å². The highest BCUT2D eigenvalue weighted by Gasteiger charge is 2.49. The largest absolute Gasteiger partial charge is 0.469 e. The summed E-state index contributed by atoms with van der Waals surface area (Å²) < 4.78 is 4.91. The van der Waals surface area contributed by atoms with Crippen LogP contribution in [0.2, 0.25) is 0 Å². The molecule has 3 atom stereocenters. The second kappa shape index (κ2) is 11.5. The minimum atomic E-state index is -0.878. The van der Waals surface area contributed by atoms with Gasteiger partial charge < -0.3 is 19.9 Å². The monoisotopic (exact) mass is 564 g/mol. The van der Waals surface area contributed by atoms with Gasteiger partial charge in [0.15, 0.2) is 0 Å². The van der Waals surface area contributed by atoms with Crippen molar-refractivity contribution in [3.8, 4) is 0 Å². The van der Waals surface area contributed by atoms with Gasteiger partial charge in [0, 0.05) is 29.1 Å². The normalized spacial score (nSPS) is 18.8. The van der Waals surface area contributed by atoms with Crippen molar-refractivity contribution in [1.82, 2.24) is 20.1 Å². The SMILES string of the molecule is COC(=O)C[C@@H](Cc1ccccc1)NC(=O)[C@@H]1Cc2c([nH]c3ccccc23)[C@H]2CC(=O)N(Cc3ccccc3)C(=O)N21. The molecule has 2 aliphatic rings. The number of aromatic nitrogens is 1. The summed E-state index contributed by atoms with van der Waals surface area (Å²) in [4.78, 5) is 60.1. The first kappa shape index (κ1) is 27.3. The predicted octanol–water partition coefficient (Wildman–Crippen LogP) is 4.28. The van der Waals surface area contributed by atoms with Crippen molar-refractivity contribution in [3.63, 3.8) is 0 Å². The van der Waals surface area contributed by atoms with Crippen LogP contribution in [0.4, 0.5) is 4.79 Å². The zero-order valence-electron chi connectivity index (χ0n) is 23.3. The number of esters is 1. The van der Waals surface area contributed by atoms with Gasteiger partial charge in [-0.2, -0.15) is 0 Å². The maximum atomic E-state index is 14.1. The van der Waals surface area contributed by atoms with E-state index >= 15 is 0 Å². The third-order valence-corrected chi connectivity index (χ3v) is 8.17. The predicted molar refractivity (Wildman–Crippen MR) is 156 cm³/mol. The van der Waals surface area contributed by atoms with E-state index < -0.39 is 30.1 Å². The van der Waals surface area contributed by atoms with Crippen LogP contribution in [0.3, 0.4) is 0 Å². The Kier molecular flexibility index (Phi) is 7.48. The van der Waals surface area contributed by atoms with E-state index in [1.54, 1.807) is 4.90 Å². The van der Waals surface area contributed by atoms with Gasteiger partial charge in [-0.05, 0) is 29.2 Å². The fraction of sp³-hybridized carbons (Fsp3) is 0.273. The molecule has 3 heterocycles. The molecule has 0 spiro atoms. The molecule has 0 aliphatic carbocycles. The van der Waals surface area contributed by atoms with Crippen LogP contribution in [-0.2, 0) is 38.5 Å². The quantitative estimate of drug-likeness (QED) is 0.311. The number of hydrogen-bond acceptors (Lipinski definition) is 5. The average molecular weight is 565 g/mol. The number of ether oxygens (including phenoxy) is 1. The van der Waals surface area contributed by atoms with Crippen molar-refractivity contribution < 1.29 is 23.9 Å². The topological polar surface area (TPSA) is 112 Å². The summed E-state index contributed by atoms with van der Waals surface area (Å²) in [5.74, 6) is -1.10. The molecule has 0 unspecified atom stereocenters. The van der Waals surface area contributed by atoms with Crippen LogP contribution >= 0.6 is 0 Å². The first-order valence-electron chi connectivity index (χ1n) is 14.1. The lowest BCUT2D eigenvalue weighted by Crippen LogP contribution is -2.62. The third kappa shape index (κ3) is 5.25. The molecular formula is C33H32N4O5. The van der Waals surface area contributed by atoms with E-state index in [0.717, 1.165) is 33.3 Å². The highest BCUT2D eigenvalue weighted by molar-refractivity contribution is 6.01. The Morgan fingerprint density at radius 3 is 2.31 bits per heavy atom. The number of urea groups is 1. The molecule has 2 N–H and O–H groups in total. The Balaban J connectivity index is 1.35. The molecule has 3 aromatic carbocycles. The Morgan fingerprint density at radius 2 is 1.60 bits per heavy atom. The van der Waals surface area contributed by atoms with Gasteiger partial charge in [-0.25, -0.2) is 4.79 Å². The van der Waals surface area contributed by atoms with E-state index in [0.29, 0.717) is 6.42 Å². The number of nitrogens with one attached hydrogen (secondary N) is 2. The van der Waals surface area contributed by atoms with Crippen LogP contribution in [0.1, 0.15) is 41.3 Å². The van der Waals surface area contributed by atoms with E-state index in [2.05, 4.69) is 10.3 Å². The van der Waals surface area contributed by atoms with Crippen molar-refractivity contribution in [3.05, 3.63) is 107 Å². The Morgan fingerprint density at radius 1 is 0.929 bits per heavy atom. The maximum absolute atomic E-state index is 14.1. The molecule has 4 aromatic rings. The number of rotatable bonds is 8. The smallest absolute Gasteiger partial charge is 0.328 e. The minimum absolute atomic E-state index is 0.0157. The molecule has 4 amide bonds. The molecule has 1 aromatic heterocycles.